The van der Waals surface area contributed by atoms with Crippen LogP contribution in [0.2, 0.25) is 0 Å². The predicted octanol–water partition coefficient (Wildman–Crippen LogP) is 3.08. The summed E-state index contributed by atoms with van der Waals surface area (Å²) in [6, 6.07) is 2.93. The van der Waals surface area contributed by atoms with Crippen LogP contribution >= 0.6 is 0 Å². The van der Waals surface area contributed by atoms with Gasteiger partial charge in [-0.3, -0.25) is 15.4 Å². The number of amides is 1. The maximum absolute atomic E-state index is 13.4. The van der Waals surface area contributed by atoms with E-state index in [2.05, 4.69) is 5.32 Å². The molecular formula is C11H13FN2O4. The molecule has 7 heteroatoms. The number of hydrogen-bond acceptors (Lipinski definition) is 4. The lowest BCUT2D eigenvalue weighted by molar-refractivity contribution is -0.385. The molecule has 0 bridgehead atoms. The van der Waals surface area contributed by atoms with Crippen LogP contribution in [0.25, 0.3) is 0 Å². The molecule has 0 spiro atoms. The highest BCUT2D eigenvalue weighted by atomic mass is 19.1. The number of nitro benzene ring substituents is 1. The molecule has 1 aromatic carbocycles. The van der Waals surface area contributed by atoms with E-state index in [4.69, 9.17) is 4.74 Å². The summed E-state index contributed by atoms with van der Waals surface area (Å²) in [5.41, 5.74) is -1.27. The van der Waals surface area contributed by atoms with Crippen molar-refractivity contribution in [2.75, 3.05) is 5.32 Å². The zero-order valence-electron chi connectivity index (χ0n) is 10.2. The molecule has 1 N–H and O–H groups in total. The Labute approximate surface area is 103 Å². The number of anilines is 1. The molecule has 0 unspecified atom stereocenters. The highest BCUT2D eigenvalue weighted by Crippen LogP contribution is 2.21. The number of rotatable bonds is 2. The van der Waals surface area contributed by atoms with E-state index >= 15 is 0 Å². The third-order valence-electron chi connectivity index (χ3n) is 1.80. The predicted molar refractivity (Wildman–Crippen MR) is 62.9 cm³/mol. The molecule has 6 nitrogen and oxygen atoms in total. The zero-order chi connectivity index (χ0) is 13.9. The standard InChI is InChI=1S/C11H13FN2O4/c1-11(2,3)18-10(15)13-9-5-4-7(14(16)17)6-8(9)12/h4-6H,1-3H3,(H,13,15). The van der Waals surface area contributed by atoms with Crippen molar-refractivity contribution in [3.63, 3.8) is 0 Å². The number of carbonyl (C=O) groups is 1. The number of non-ortho nitro benzene ring substituents is 1. The van der Waals surface area contributed by atoms with Crippen LogP contribution in [-0.2, 0) is 4.74 Å². The molecule has 1 amide bonds. The fraction of sp³-hybridized carbons (Fsp3) is 0.364. The summed E-state index contributed by atoms with van der Waals surface area (Å²) in [4.78, 5) is 21.0. The number of nitro groups is 1. The van der Waals surface area contributed by atoms with Crippen molar-refractivity contribution in [1.29, 1.82) is 0 Å². The Morgan fingerprint density at radius 2 is 2.06 bits per heavy atom. The maximum Gasteiger partial charge on any atom is 0.412 e. The first-order chi connectivity index (χ1) is 8.19. The molecule has 98 valence electrons. The summed E-state index contributed by atoms with van der Waals surface area (Å²) in [7, 11) is 0. The van der Waals surface area contributed by atoms with Crippen LogP contribution in [0, 0.1) is 15.9 Å². The van der Waals surface area contributed by atoms with Gasteiger partial charge in [0.15, 0.2) is 5.82 Å². The normalized spacial score (nSPS) is 10.9. The summed E-state index contributed by atoms with van der Waals surface area (Å²) >= 11 is 0. The van der Waals surface area contributed by atoms with Gasteiger partial charge in [0.2, 0.25) is 0 Å². The van der Waals surface area contributed by atoms with E-state index in [1.165, 1.54) is 0 Å². The molecule has 0 aromatic heterocycles. The summed E-state index contributed by atoms with van der Waals surface area (Å²) in [5, 5.41) is 12.6. The van der Waals surface area contributed by atoms with Gasteiger partial charge in [0, 0.05) is 6.07 Å². The molecule has 0 radical (unpaired) electrons. The van der Waals surface area contributed by atoms with Crippen LogP contribution in [0.4, 0.5) is 20.6 Å². The van der Waals surface area contributed by atoms with E-state index in [1.807, 2.05) is 0 Å². The third-order valence-corrected chi connectivity index (χ3v) is 1.80. The quantitative estimate of drug-likeness (QED) is 0.651. The molecular weight excluding hydrogens is 243 g/mol. The molecule has 0 aliphatic carbocycles. The number of nitrogens with zero attached hydrogens (tertiary/aromatic N) is 1. The van der Waals surface area contributed by atoms with Crippen molar-refractivity contribution in [2.24, 2.45) is 0 Å². The van der Waals surface area contributed by atoms with Gasteiger partial charge in [-0.05, 0) is 26.8 Å². The molecule has 0 fully saturated rings. The first kappa shape index (κ1) is 13.9. The van der Waals surface area contributed by atoms with Gasteiger partial charge >= 0.3 is 6.09 Å². The molecule has 0 atom stereocenters. The Hall–Kier alpha value is -2.18. The second-order valence-corrected chi connectivity index (χ2v) is 4.55. The Morgan fingerprint density at radius 3 is 2.50 bits per heavy atom. The summed E-state index contributed by atoms with van der Waals surface area (Å²) in [6.45, 7) is 5.00. The first-order valence-corrected chi connectivity index (χ1v) is 5.13. The monoisotopic (exact) mass is 256 g/mol. The van der Waals surface area contributed by atoms with Crippen molar-refractivity contribution < 1.29 is 18.8 Å². The average molecular weight is 256 g/mol. The van der Waals surface area contributed by atoms with Gasteiger partial charge in [-0.2, -0.15) is 0 Å². The van der Waals surface area contributed by atoms with Crippen LogP contribution in [0.5, 0.6) is 0 Å². The minimum absolute atomic E-state index is 0.171. The molecule has 0 aliphatic rings. The van der Waals surface area contributed by atoms with E-state index in [1.54, 1.807) is 20.8 Å². The molecule has 1 aromatic rings. The van der Waals surface area contributed by atoms with Crippen molar-refractivity contribution >= 4 is 17.5 Å². The van der Waals surface area contributed by atoms with Crippen molar-refractivity contribution in [3.05, 3.63) is 34.1 Å². The second-order valence-electron chi connectivity index (χ2n) is 4.55. The van der Waals surface area contributed by atoms with Crippen LogP contribution in [0.3, 0.4) is 0 Å². The molecule has 18 heavy (non-hydrogen) atoms. The van der Waals surface area contributed by atoms with Gasteiger partial charge in [-0.15, -0.1) is 0 Å². The minimum Gasteiger partial charge on any atom is -0.444 e. The lowest BCUT2D eigenvalue weighted by Gasteiger charge is -2.19. The number of ether oxygens (including phenoxy) is 1. The number of carbonyl (C=O) groups excluding carboxylic acids is 1. The van der Waals surface area contributed by atoms with Crippen molar-refractivity contribution in [1.82, 2.24) is 0 Å². The Kier molecular flexibility index (Phi) is 3.85. The lowest BCUT2D eigenvalue weighted by atomic mass is 10.2. The van der Waals surface area contributed by atoms with Crippen molar-refractivity contribution in [2.45, 2.75) is 26.4 Å². The van der Waals surface area contributed by atoms with E-state index in [-0.39, 0.29) is 11.4 Å². The van der Waals surface area contributed by atoms with Gasteiger partial charge < -0.3 is 4.74 Å². The Morgan fingerprint density at radius 1 is 1.44 bits per heavy atom. The van der Waals surface area contributed by atoms with Gasteiger partial charge in [0.05, 0.1) is 16.7 Å². The number of benzene rings is 1. The smallest absolute Gasteiger partial charge is 0.412 e. The van der Waals surface area contributed by atoms with E-state index in [9.17, 15) is 19.3 Å². The van der Waals surface area contributed by atoms with E-state index in [0.29, 0.717) is 0 Å². The molecule has 0 saturated heterocycles. The lowest BCUT2D eigenvalue weighted by Crippen LogP contribution is -2.27. The zero-order valence-corrected chi connectivity index (χ0v) is 10.2. The van der Waals surface area contributed by atoms with Gasteiger partial charge in [-0.1, -0.05) is 0 Å². The molecule has 0 heterocycles. The molecule has 0 aliphatic heterocycles. The Bertz CT molecular complexity index is 482. The van der Waals surface area contributed by atoms with E-state index < -0.39 is 22.4 Å². The van der Waals surface area contributed by atoms with Crippen LogP contribution < -0.4 is 5.32 Å². The SMILES string of the molecule is CC(C)(C)OC(=O)Nc1ccc([N+](=O)[O-])cc1F. The number of halogens is 1. The number of hydrogen-bond donors (Lipinski definition) is 1. The number of nitrogens with one attached hydrogen (secondary N) is 1. The molecule has 0 saturated carbocycles. The first-order valence-electron chi connectivity index (χ1n) is 5.13. The maximum atomic E-state index is 13.4. The fourth-order valence-corrected chi connectivity index (χ4v) is 1.13. The minimum atomic E-state index is -0.893. The second kappa shape index (κ2) is 4.99. The average Bonchev–Trinajstić information content (AvgIpc) is 2.17. The fourth-order valence-electron chi connectivity index (χ4n) is 1.13. The van der Waals surface area contributed by atoms with E-state index in [0.717, 1.165) is 18.2 Å². The summed E-state index contributed by atoms with van der Waals surface area (Å²) < 4.78 is 18.4. The van der Waals surface area contributed by atoms with Gasteiger partial charge in [-0.25, -0.2) is 9.18 Å². The van der Waals surface area contributed by atoms with Crippen LogP contribution in [0.1, 0.15) is 20.8 Å². The van der Waals surface area contributed by atoms with Crippen molar-refractivity contribution in [3.8, 4) is 0 Å². The van der Waals surface area contributed by atoms with Gasteiger partial charge in [0.25, 0.3) is 5.69 Å². The van der Waals surface area contributed by atoms with Crippen LogP contribution in [-0.4, -0.2) is 16.6 Å². The molecule has 1 rings (SSSR count). The summed E-state index contributed by atoms with van der Waals surface area (Å²) in [5.74, 6) is -0.893. The van der Waals surface area contributed by atoms with Gasteiger partial charge in [0.1, 0.15) is 5.60 Å². The highest BCUT2D eigenvalue weighted by molar-refractivity contribution is 5.85. The topological polar surface area (TPSA) is 81.5 Å². The third kappa shape index (κ3) is 4.00. The largest absolute Gasteiger partial charge is 0.444 e. The summed E-state index contributed by atoms with van der Waals surface area (Å²) in [6.07, 6.45) is -0.824. The Balaban J connectivity index is 2.80. The van der Waals surface area contributed by atoms with Crippen LogP contribution in [0.15, 0.2) is 18.2 Å². The highest BCUT2D eigenvalue weighted by Gasteiger charge is 2.18.